The van der Waals surface area contributed by atoms with E-state index in [-0.39, 0.29) is 0 Å². The van der Waals surface area contributed by atoms with Gasteiger partial charge in [-0.1, -0.05) is 18.2 Å². The fourth-order valence-corrected chi connectivity index (χ4v) is 3.36. The van der Waals surface area contributed by atoms with Crippen molar-refractivity contribution in [3.8, 4) is 11.5 Å². The molecule has 0 saturated heterocycles. The first-order valence-electron chi connectivity index (χ1n) is 7.75. The van der Waals surface area contributed by atoms with Crippen molar-refractivity contribution in [1.29, 1.82) is 0 Å². The van der Waals surface area contributed by atoms with Crippen LogP contribution in [0, 0.1) is 0 Å². The van der Waals surface area contributed by atoms with Crippen LogP contribution in [-0.2, 0) is 12.8 Å². The molecule has 116 valence electrons. The number of aromatic hydroxyl groups is 1. The van der Waals surface area contributed by atoms with Gasteiger partial charge in [-0.05, 0) is 67.8 Å². The molecule has 3 heteroatoms. The minimum Gasteiger partial charge on any atom is -0.508 e. The zero-order valence-corrected chi connectivity index (χ0v) is 13.4. The summed E-state index contributed by atoms with van der Waals surface area (Å²) in [6.45, 7) is 2.26. The van der Waals surface area contributed by atoms with E-state index < -0.39 is 0 Å². The SMILES string of the molecule is COc1ccc2c(c1)C[C@@H](C)N(C)[C@H]2Cc1cccc(O)c1. The first-order chi connectivity index (χ1) is 10.6. The van der Waals surface area contributed by atoms with E-state index in [1.165, 1.54) is 11.1 Å². The number of nitrogens with zero attached hydrogens (tertiary/aromatic N) is 1. The molecule has 0 amide bonds. The number of rotatable bonds is 3. The second kappa shape index (κ2) is 6.01. The highest BCUT2D eigenvalue weighted by Crippen LogP contribution is 2.36. The number of methoxy groups -OCH3 is 1. The van der Waals surface area contributed by atoms with Crippen LogP contribution < -0.4 is 4.74 Å². The second-order valence-corrected chi connectivity index (χ2v) is 6.17. The molecule has 3 rings (SSSR count). The molecule has 0 fully saturated rings. The molecule has 2 aromatic carbocycles. The Bertz CT molecular complexity index is 668. The van der Waals surface area contributed by atoms with Crippen LogP contribution in [-0.4, -0.2) is 30.2 Å². The first-order valence-corrected chi connectivity index (χ1v) is 7.75. The molecular formula is C19H23NO2. The molecule has 0 unspecified atom stereocenters. The van der Waals surface area contributed by atoms with Gasteiger partial charge in [-0.2, -0.15) is 0 Å². The van der Waals surface area contributed by atoms with Crippen LogP contribution in [0.1, 0.15) is 29.7 Å². The van der Waals surface area contributed by atoms with Crippen LogP contribution in [0.2, 0.25) is 0 Å². The summed E-state index contributed by atoms with van der Waals surface area (Å²) in [6, 6.07) is 14.8. The number of hydrogen-bond donors (Lipinski definition) is 1. The highest BCUT2D eigenvalue weighted by molar-refractivity contribution is 5.41. The lowest BCUT2D eigenvalue weighted by Gasteiger charge is -2.39. The van der Waals surface area contributed by atoms with E-state index in [1.54, 1.807) is 13.2 Å². The van der Waals surface area contributed by atoms with Crippen molar-refractivity contribution in [3.05, 3.63) is 59.2 Å². The van der Waals surface area contributed by atoms with Crippen LogP contribution in [0.3, 0.4) is 0 Å². The zero-order chi connectivity index (χ0) is 15.7. The number of phenolic OH excluding ortho intramolecular Hbond substituents is 1. The van der Waals surface area contributed by atoms with Gasteiger partial charge in [0.05, 0.1) is 7.11 Å². The first kappa shape index (κ1) is 14.9. The fraction of sp³-hybridized carbons (Fsp3) is 0.368. The maximum atomic E-state index is 9.69. The summed E-state index contributed by atoms with van der Waals surface area (Å²) in [7, 11) is 3.90. The summed E-state index contributed by atoms with van der Waals surface area (Å²) in [6.07, 6.45) is 1.94. The quantitative estimate of drug-likeness (QED) is 0.940. The van der Waals surface area contributed by atoms with E-state index in [0.29, 0.717) is 17.8 Å². The zero-order valence-electron chi connectivity index (χ0n) is 13.4. The van der Waals surface area contributed by atoms with Crippen LogP contribution in [0.4, 0.5) is 0 Å². The minimum absolute atomic E-state index is 0.325. The van der Waals surface area contributed by atoms with Gasteiger partial charge < -0.3 is 9.84 Å². The maximum Gasteiger partial charge on any atom is 0.119 e. The lowest BCUT2D eigenvalue weighted by Crippen LogP contribution is -2.40. The molecule has 0 radical (unpaired) electrons. The van der Waals surface area contributed by atoms with Gasteiger partial charge in [-0.15, -0.1) is 0 Å². The monoisotopic (exact) mass is 297 g/mol. The van der Waals surface area contributed by atoms with Gasteiger partial charge >= 0.3 is 0 Å². The van der Waals surface area contributed by atoms with Gasteiger partial charge in [-0.3, -0.25) is 4.90 Å². The molecule has 1 aliphatic heterocycles. The number of phenols is 1. The van der Waals surface area contributed by atoms with Gasteiger partial charge in [-0.25, -0.2) is 0 Å². The molecule has 1 N–H and O–H groups in total. The Morgan fingerprint density at radius 2 is 2.05 bits per heavy atom. The van der Waals surface area contributed by atoms with Crippen molar-refractivity contribution in [2.45, 2.75) is 31.8 Å². The second-order valence-electron chi connectivity index (χ2n) is 6.17. The van der Waals surface area contributed by atoms with Crippen molar-refractivity contribution >= 4 is 0 Å². The number of benzene rings is 2. The molecule has 2 atom stereocenters. The van der Waals surface area contributed by atoms with Crippen molar-refractivity contribution < 1.29 is 9.84 Å². The molecule has 3 nitrogen and oxygen atoms in total. The highest BCUT2D eigenvalue weighted by Gasteiger charge is 2.29. The molecule has 1 heterocycles. The third-order valence-corrected chi connectivity index (χ3v) is 4.75. The minimum atomic E-state index is 0.325. The van der Waals surface area contributed by atoms with E-state index in [1.807, 2.05) is 18.2 Å². The van der Waals surface area contributed by atoms with Gasteiger partial charge in [0.2, 0.25) is 0 Å². The van der Waals surface area contributed by atoms with E-state index in [2.05, 4.69) is 37.1 Å². The summed E-state index contributed by atoms with van der Waals surface area (Å²) < 4.78 is 5.36. The number of ether oxygens (including phenoxy) is 1. The van der Waals surface area contributed by atoms with Gasteiger partial charge in [0.15, 0.2) is 0 Å². The average molecular weight is 297 g/mol. The highest BCUT2D eigenvalue weighted by atomic mass is 16.5. The fourth-order valence-electron chi connectivity index (χ4n) is 3.36. The van der Waals surface area contributed by atoms with E-state index >= 15 is 0 Å². The molecule has 0 spiro atoms. The Labute approximate surface area is 132 Å². The standard InChI is InChI=1S/C19H23NO2/c1-13-9-15-12-17(22-3)7-8-18(15)19(20(13)2)11-14-5-4-6-16(21)10-14/h4-8,10,12-13,19,21H,9,11H2,1-3H3/t13-,19+/m1/s1. The predicted molar refractivity (Wildman–Crippen MR) is 88.5 cm³/mol. The molecule has 2 aromatic rings. The molecule has 0 aliphatic carbocycles. The van der Waals surface area contributed by atoms with Crippen LogP contribution in [0.15, 0.2) is 42.5 Å². The topological polar surface area (TPSA) is 32.7 Å². The third-order valence-electron chi connectivity index (χ3n) is 4.75. The molecule has 0 saturated carbocycles. The van der Waals surface area contributed by atoms with Gasteiger partial charge in [0.1, 0.15) is 11.5 Å². The van der Waals surface area contributed by atoms with Gasteiger partial charge in [0, 0.05) is 12.1 Å². The number of likely N-dealkylation sites (N-methyl/N-ethyl adjacent to an activating group) is 1. The van der Waals surface area contributed by atoms with E-state index in [9.17, 15) is 5.11 Å². The summed E-state index contributed by atoms with van der Waals surface area (Å²) >= 11 is 0. The Morgan fingerprint density at radius 1 is 1.23 bits per heavy atom. The molecular weight excluding hydrogens is 274 g/mol. The molecule has 1 aliphatic rings. The molecule has 22 heavy (non-hydrogen) atoms. The number of fused-ring (bicyclic) bond motifs is 1. The molecule has 0 bridgehead atoms. The maximum absolute atomic E-state index is 9.69. The number of hydrogen-bond acceptors (Lipinski definition) is 3. The van der Waals surface area contributed by atoms with Gasteiger partial charge in [0.25, 0.3) is 0 Å². The van der Waals surface area contributed by atoms with E-state index in [4.69, 9.17) is 4.74 Å². The van der Waals surface area contributed by atoms with Crippen molar-refractivity contribution in [1.82, 2.24) is 4.90 Å². The smallest absolute Gasteiger partial charge is 0.119 e. The van der Waals surface area contributed by atoms with Crippen LogP contribution in [0.5, 0.6) is 11.5 Å². The largest absolute Gasteiger partial charge is 0.508 e. The molecule has 0 aromatic heterocycles. The van der Waals surface area contributed by atoms with Crippen molar-refractivity contribution in [2.24, 2.45) is 0 Å². The Morgan fingerprint density at radius 3 is 2.77 bits per heavy atom. The summed E-state index contributed by atoms with van der Waals surface area (Å²) in [5.74, 6) is 1.26. The summed E-state index contributed by atoms with van der Waals surface area (Å²) in [5.41, 5.74) is 3.90. The third kappa shape index (κ3) is 2.81. The summed E-state index contributed by atoms with van der Waals surface area (Å²) in [5, 5.41) is 9.69. The Hall–Kier alpha value is -2.00. The van der Waals surface area contributed by atoms with E-state index in [0.717, 1.165) is 24.2 Å². The van der Waals surface area contributed by atoms with Crippen molar-refractivity contribution in [3.63, 3.8) is 0 Å². The average Bonchev–Trinajstić information content (AvgIpc) is 2.51. The van der Waals surface area contributed by atoms with Crippen LogP contribution in [0.25, 0.3) is 0 Å². The Kier molecular flexibility index (Phi) is 4.08. The Balaban J connectivity index is 1.96. The van der Waals surface area contributed by atoms with Crippen LogP contribution >= 0.6 is 0 Å². The summed E-state index contributed by atoms with van der Waals surface area (Å²) in [4.78, 5) is 2.43. The van der Waals surface area contributed by atoms with Crippen molar-refractivity contribution in [2.75, 3.05) is 14.2 Å². The lowest BCUT2D eigenvalue weighted by molar-refractivity contribution is 0.165. The predicted octanol–water partition coefficient (Wildman–Crippen LogP) is 3.56. The normalized spacial score (nSPS) is 21.4. The lowest BCUT2D eigenvalue weighted by atomic mass is 9.86.